The topological polar surface area (TPSA) is 32.9 Å². The second-order valence-electron chi connectivity index (χ2n) is 36.8. The molecule has 0 spiro atoms. The summed E-state index contributed by atoms with van der Waals surface area (Å²) in [7, 11) is 0. The molecule has 0 N–H and O–H groups in total. The van der Waals surface area contributed by atoms with Crippen molar-refractivity contribution in [1.29, 1.82) is 0 Å². The van der Waals surface area contributed by atoms with Gasteiger partial charge >= 0.3 is 0 Å². The molecule has 0 aliphatic heterocycles. The zero-order chi connectivity index (χ0) is 90.3. The number of rotatable bonds is 7. The van der Waals surface area contributed by atoms with Gasteiger partial charge < -0.3 is 22.7 Å². The predicted molar refractivity (Wildman–Crippen MR) is 591 cm³/mol. The molecule has 6 aromatic heterocycles. The monoisotopic (exact) mass is 1770 g/mol. The maximum absolute atomic E-state index is 6.14. The van der Waals surface area contributed by atoms with Crippen molar-refractivity contribution in [2.75, 3.05) is 0 Å². The van der Waals surface area contributed by atoms with Crippen LogP contribution in [-0.4, -0.2) is 18.3 Å². The minimum Gasteiger partial charge on any atom is -0.456 e. The molecule has 0 bridgehead atoms. The van der Waals surface area contributed by atoms with E-state index in [1.165, 1.54) is 249 Å². The van der Waals surface area contributed by atoms with Gasteiger partial charge in [-0.2, -0.15) is 0 Å². The van der Waals surface area contributed by atoms with E-state index in [2.05, 4.69) is 491 Å². The molecule has 31 rings (SSSR count). The van der Waals surface area contributed by atoms with Gasteiger partial charge in [0.2, 0.25) is 0 Å². The van der Waals surface area contributed by atoms with Crippen LogP contribution in [0.4, 0.5) is 0 Å². The normalized spacial score (nSPS) is 12.1. The fourth-order valence-corrected chi connectivity index (χ4v) is 24.3. The third-order valence-corrected chi connectivity index (χ3v) is 30.6. The van der Waals surface area contributed by atoms with Gasteiger partial charge in [0.05, 0.1) is 44.1 Å². The Morgan fingerprint density at radius 1 is 0.123 bits per heavy atom. The zero-order valence-electron chi connectivity index (χ0n) is 74.8. The third-order valence-electron chi connectivity index (χ3n) is 29.4. The molecule has 25 aromatic carbocycles. The van der Waals surface area contributed by atoms with E-state index in [9.17, 15) is 0 Å². The molecule has 0 unspecified atom stereocenters. The van der Waals surface area contributed by atoms with E-state index in [0.29, 0.717) is 0 Å². The number of hydrogen-bond acceptors (Lipinski definition) is 2. The molecule has 0 saturated carbocycles. The Balaban J connectivity index is 0.000000100. The molecular formula is C132H80N4OS. The first-order valence-corrected chi connectivity index (χ1v) is 48.3. The number of para-hydroxylation sites is 6. The van der Waals surface area contributed by atoms with Crippen molar-refractivity contribution in [3.05, 3.63) is 485 Å². The number of thiophene rings is 1. The molecule has 6 heteroatoms. The highest BCUT2D eigenvalue weighted by molar-refractivity contribution is 7.25. The lowest BCUT2D eigenvalue weighted by atomic mass is 9.92. The molecule has 0 atom stereocenters. The van der Waals surface area contributed by atoms with Crippen LogP contribution in [0.3, 0.4) is 0 Å². The number of fused-ring (bicyclic) bond motifs is 36. The van der Waals surface area contributed by atoms with E-state index in [0.717, 1.165) is 33.3 Å². The first-order chi connectivity index (χ1) is 68.4. The van der Waals surface area contributed by atoms with Crippen LogP contribution < -0.4 is 0 Å². The highest BCUT2D eigenvalue weighted by atomic mass is 32.1. The molecule has 640 valence electrons. The SMILES string of the molecule is c1ccc(-n2c3ccccc3c3cc(-n4c5ccccc5c5cc(-c6ccc7c8ccccc8c8ccccc8c7c6)ccc54)ccc32)cc1.c1ccc2c(c1)oc1ccc(-n3c4ccccc4c4cc(-c5ccc6c7ccccc7c7ccccc7c6c5)ccc43)cc12.c1ccc2c(c1)sc1ccc(-n3c4ccccc4c4cc(-c5ccc6c7ccccc7c7ccccc7c6c5)ccc43)cc12. The Kier molecular flexibility index (Phi) is 17.3. The number of hydrogen-bond donors (Lipinski definition) is 0. The summed E-state index contributed by atoms with van der Waals surface area (Å²) in [5.74, 6) is 0. The lowest BCUT2D eigenvalue weighted by Gasteiger charge is -2.12. The minimum atomic E-state index is 0.912. The number of aromatic nitrogens is 4. The van der Waals surface area contributed by atoms with Crippen molar-refractivity contribution in [2.24, 2.45) is 0 Å². The van der Waals surface area contributed by atoms with Gasteiger partial charge in [0.25, 0.3) is 0 Å². The zero-order valence-corrected chi connectivity index (χ0v) is 75.6. The summed E-state index contributed by atoms with van der Waals surface area (Å²) < 4.78 is 18.4. The van der Waals surface area contributed by atoms with Gasteiger partial charge in [-0.05, 0) is 288 Å². The van der Waals surface area contributed by atoms with Gasteiger partial charge in [0, 0.05) is 96.8 Å². The van der Waals surface area contributed by atoms with Crippen molar-refractivity contribution >= 4 is 238 Å². The molecule has 0 aliphatic rings. The van der Waals surface area contributed by atoms with Crippen LogP contribution >= 0.6 is 11.3 Å². The molecule has 0 saturated heterocycles. The number of benzene rings is 25. The molecule has 31 aromatic rings. The maximum atomic E-state index is 6.14. The Hall–Kier alpha value is -17.9. The number of furan rings is 1. The fourth-order valence-electron chi connectivity index (χ4n) is 23.2. The quantitative estimate of drug-likeness (QED) is 0.146. The van der Waals surface area contributed by atoms with E-state index in [1.807, 2.05) is 23.5 Å². The summed E-state index contributed by atoms with van der Waals surface area (Å²) in [6.45, 7) is 0. The second kappa shape index (κ2) is 30.8. The largest absolute Gasteiger partial charge is 0.456 e. The van der Waals surface area contributed by atoms with Gasteiger partial charge in [0.15, 0.2) is 0 Å². The second-order valence-corrected chi connectivity index (χ2v) is 37.8. The molecule has 5 nitrogen and oxygen atoms in total. The Bertz CT molecular complexity index is 10100. The van der Waals surface area contributed by atoms with E-state index in [4.69, 9.17) is 4.42 Å². The van der Waals surface area contributed by atoms with Crippen LogP contribution in [0.5, 0.6) is 0 Å². The van der Waals surface area contributed by atoms with Crippen LogP contribution in [0.2, 0.25) is 0 Å². The summed E-state index contributed by atoms with van der Waals surface area (Å²) in [4.78, 5) is 0. The molecule has 0 aliphatic carbocycles. The summed E-state index contributed by atoms with van der Waals surface area (Å²) >= 11 is 1.87. The first-order valence-electron chi connectivity index (χ1n) is 47.5. The Morgan fingerprint density at radius 3 is 0.739 bits per heavy atom. The third kappa shape index (κ3) is 12.0. The average Bonchev–Trinajstić information content (AvgIpc) is 1.66. The highest BCUT2D eigenvalue weighted by Crippen LogP contribution is 2.48. The smallest absolute Gasteiger partial charge is 0.135 e. The minimum absolute atomic E-state index is 0.912. The highest BCUT2D eigenvalue weighted by Gasteiger charge is 2.24. The molecule has 6 heterocycles. The Labute approximate surface area is 795 Å². The summed E-state index contributed by atoms with van der Waals surface area (Å²) in [6, 6.07) is 178. The van der Waals surface area contributed by atoms with E-state index >= 15 is 0 Å². The summed E-state index contributed by atoms with van der Waals surface area (Å²) in [6.07, 6.45) is 0. The molecular weight excluding hydrogens is 1690 g/mol. The van der Waals surface area contributed by atoms with Gasteiger partial charge in [-0.25, -0.2) is 0 Å². The molecule has 0 radical (unpaired) electrons. The summed E-state index contributed by atoms with van der Waals surface area (Å²) in [5.41, 5.74) is 23.6. The number of nitrogens with zero attached hydrogens (tertiary/aromatic N) is 4. The van der Waals surface area contributed by atoms with Crippen molar-refractivity contribution in [3.63, 3.8) is 0 Å². The lowest BCUT2D eigenvalue weighted by Crippen LogP contribution is -1.95. The first kappa shape index (κ1) is 77.6. The van der Waals surface area contributed by atoms with E-state index in [1.54, 1.807) is 0 Å². The lowest BCUT2D eigenvalue weighted by molar-refractivity contribution is 0.669. The van der Waals surface area contributed by atoms with E-state index in [-0.39, 0.29) is 0 Å². The van der Waals surface area contributed by atoms with Gasteiger partial charge in [-0.15, -0.1) is 11.3 Å². The van der Waals surface area contributed by atoms with Gasteiger partial charge in [0.1, 0.15) is 11.2 Å². The van der Waals surface area contributed by atoms with Crippen LogP contribution in [0.25, 0.3) is 282 Å². The van der Waals surface area contributed by atoms with Crippen LogP contribution in [0, 0.1) is 0 Å². The van der Waals surface area contributed by atoms with Crippen molar-refractivity contribution in [1.82, 2.24) is 18.3 Å². The molecule has 0 fully saturated rings. The maximum Gasteiger partial charge on any atom is 0.135 e. The van der Waals surface area contributed by atoms with Crippen LogP contribution in [-0.2, 0) is 0 Å². The van der Waals surface area contributed by atoms with Crippen molar-refractivity contribution in [3.8, 4) is 56.1 Å². The van der Waals surface area contributed by atoms with Gasteiger partial charge in [-0.3, -0.25) is 0 Å². The fraction of sp³-hybridized carbons (Fsp3) is 0. The predicted octanol–water partition coefficient (Wildman–Crippen LogP) is 37.1. The Morgan fingerprint density at radius 2 is 0.355 bits per heavy atom. The van der Waals surface area contributed by atoms with E-state index < -0.39 is 0 Å². The molecule has 138 heavy (non-hydrogen) atoms. The standard InChI is InChI=1S/C48H30N2.C42H25NO.C42H25NS/c1-2-12-33(13-3-1)49-45-20-10-9-19-41(45)44-30-34(24-27-48(44)49)50-46-21-11-8-18-40(46)43-29-32(23-26-47(43)50)31-22-25-39-37-16-5-4-14-35(37)36-15-6-7-17-38(36)42(39)28-31;2*1-2-11-31-29(9-1)30-10-3-4-12-32(30)36-23-26(17-20-33(31)36)27-18-21-40-37(24-27)34-13-5-7-15-39(34)43(40)28-19-22-42-38(25-28)35-14-6-8-16-41(35)44-42/h1-30H;2*1-25H. The summed E-state index contributed by atoms with van der Waals surface area (Å²) in [5, 5.41) is 38.4. The van der Waals surface area contributed by atoms with Crippen LogP contribution in [0.1, 0.15) is 0 Å². The molecule has 0 amide bonds. The van der Waals surface area contributed by atoms with Gasteiger partial charge in [-0.1, -0.05) is 328 Å². The van der Waals surface area contributed by atoms with Crippen molar-refractivity contribution in [2.45, 2.75) is 0 Å². The van der Waals surface area contributed by atoms with Crippen molar-refractivity contribution < 1.29 is 4.42 Å². The average molecular weight is 1770 g/mol. The van der Waals surface area contributed by atoms with Crippen LogP contribution in [0.15, 0.2) is 490 Å².